The highest BCUT2D eigenvalue weighted by molar-refractivity contribution is 7.89. The van der Waals surface area contributed by atoms with Crippen molar-refractivity contribution in [3.05, 3.63) is 12.4 Å². The smallest absolute Gasteiger partial charge is 0.305 e. The number of aryl methyl sites for hydroxylation is 1. The Kier molecular flexibility index (Phi) is 6.07. The van der Waals surface area contributed by atoms with Gasteiger partial charge in [0.05, 0.1) is 31.9 Å². The van der Waals surface area contributed by atoms with Crippen molar-refractivity contribution in [1.82, 2.24) is 14.5 Å². The summed E-state index contributed by atoms with van der Waals surface area (Å²) in [6.07, 6.45) is 1.25. The van der Waals surface area contributed by atoms with E-state index in [-0.39, 0.29) is 31.0 Å². The van der Waals surface area contributed by atoms with Gasteiger partial charge >= 0.3 is 5.97 Å². The lowest BCUT2D eigenvalue weighted by atomic mass is 10.4. The fraction of sp³-hybridized carbons (Fsp3) is 0.600. The molecule has 1 aromatic rings. The van der Waals surface area contributed by atoms with Gasteiger partial charge in [0.25, 0.3) is 0 Å². The van der Waals surface area contributed by atoms with Gasteiger partial charge < -0.3 is 14.9 Å². The van der Waals surface area contributed by atoms with E-state index in [9.17, 15) is 18.3 Å². The molecule has 1 aromatic heterocycles. The molecule has 114 valence electrons. The van der Waals surface area contributed by atoms with Gasteiger partial charge in [-0.3, -0.25) is 9.48 Å². The van der Waals surface area contributed by atoms with Crippen LogP contribution in [0.4, 0.5) is 0 Å². The van der Waals surface area contributed by atoms with Crippen LogP contribution >= 0.6 is 0 Å². The fourth-order valence-corrected chi connectivity index (χ4v) is 2.38. The van der Waals surface area contributed by atoms with E-state index in [2.05, 4.69) is 14.6 Å². The third kappa shape index (κ3) is 5.25. The number of sulfonamides is 1. The predicted octanol–water partition coefficient (Wildman–Crippen LogP) is -1.36. The van der Waals surface area contributed by atoms with E-state index in [0.29, 0.717) is 0 Å². The monoisotopic (exact) mass is 307 g/mol. The first kappa shape index (κ1) is 16.6. The van der Waals surface area contributed by atoms with Crippen LogP contribution in [0.2, 0.25) is 0 Å². The number of carboxylic acids is 1. The molecule has 0 radical (unpaired) electrons. The van der Waals surface area contributed by atoms with Gasteiger partial charge in [-0.1, -0.05) is 0 Å². The largest absolute Gasteiger partial charge is 0.481 e. The summed E-state index contributed by atoms with van der Waals surface area (Å²) in [5.41, 5.74) is 0. The van der Waals surface area contributed by atoms with Crippen molar-refractivity contribution in [3.63, 3.8) is 0 Å². The van der Waals surface area contributed by atoms with Crippen LogP contribution in [0, 0.1) is 0 Å². The van der Waals surface area contributed by atoms with Crippen molar-refractivity contribution >= 4 is 16.0 Å². The zero-order valence-corrected chi connectivity index (χ0v) is 11.7. The molecule has 0 spiro atoms. The summed E-state index contributed by atoms with van der Waals surface area (Å²) < 4.78 is 31.8. The molecule has 1 unspecified atom stereocenters. The van der Waals surface area contributed by atoms with E-state index in [4.69, 9.17) is 5.11 Å². The molecule has 1 atom stereocenters. The van der Waals surface area contributed by atoms with Gasteiger partial charge in [-0.15, -0.1) is 0 Å². The molecule has 1 heterocycles. The molecule has 20 heavy (non-hydrogen) atoms. The van der Waals surface area contributed by atoms with Crippen LogP contribution in [0.1, 0.15) is 6.42 Å². The summed E-state index contributed by atoms with van der Waals surface area (Å²) in [5, 5.41) is 21.7. The Hall–Kier alpha value is -1.49. The number of nitrogens with zero attached hydrogens (tertiary/aromatic N) is 2. The normalized spacial score (nSPS) is 13.3. The SMILES string of the molecule is COCC(O)CNS(=O)(=O)c1cnn(CCC(=O)O)c1. The standard InChI is InChI=1S/C10H17N3O6S/c1-19-7-8(14)4-12-20(17,18)9-5-11-13(6-9)3-2-10(15)16/h5-6,8,12,14H,2-4,7H2,1H3,(H,15,16). The van der Waals surface area contributed by atoms with Gasteiger partial charge in [0.2, 0.25) is 10.0 Å². The summed E-state index contributed by atoms with van der Waals surface area (Å²) in [4.78, 5) is 10.3. The number of hydrogen-bond donors (Lipinski definition) is 3. The first-order valence-corrected chi connectivity index (χ1v) is 7.24. The molecule has 0 amide bonds. The molecular weight excluding hydrogens is 290 g/mol. The number of hydrogen-bond acceptors (Lipinski definition) is 6. The van der Waals surface area contributed by atoms with E-state index in [1.54, 1.807) is 0 Å². The van der Waals surface area contributed by atoms with Crippen molar-refractivity contribution in [2.24, 2.45) is 0 Å². The molecule has 0 fully saturated rings. The second kappa shape index (κ2) is 7.33. The van der Waals surface area contributed by atoms with Gasteiger partial charge in [0.15, 0.2) is 0 Å². The van der Waals surface area contributed by atoms with Crippen molar-refractivity contribution in [1.29, 1.82) is 0 Å². The Labute approximate surface area is 116 Å². The molecule has 0 aliphatic heterocycles. The topological polar surface area (TPSA) is 131 Å². The molecule has 1 rings (SSSR count). The van der Waals surface area contributed by atoms with Crippen LogP contribution in [0.25, 0.3) is 0 Å². The summed E-state index contributed by atoms with van der Waals surface area (Å²) in [6, 6.07) is 0. The molecule has 0 aromatic carbocycles. The molecule has 0 saturated carbocycles. The molecule has 3 N–H and O–H groups in total. The third-order valence-corrected chi connectivity index (χ3v) is 3.72. The Morgan fingerprint density at radius 3 is 2.90 bits per heavy atom. The highest BCUT2D eigenvalue weighted by atomic mass is 32.2. The summed E-state index contributed by atoms with van der Waals surface area (Å²) in [7, 11) is -2.39. The number of ether oxygens (including phenoxy) is 1. The maximum absolute atomic E-state index is 11.9. The van der Waals surface area contributed by atoms with Crippen molar-refractivity contribution in [2.45, 2.75) is 24.0 Å². The Balaban J connectivity index is 2.61. The maximum Gasteiger partial charge on any atom is 0.305 e. The predicted molar refractivity (Wildman–Crippen MR) is 67.6 cm³/mol. The van der Waals surface area contributed by atoms with Gasteiger partial charge in [-0.05, 0) is 0 Å². The first-order valence-electron chi connectivity index (χ1n) is 5.76. The van der Waals surface area contributed by atoms with Crippen LogP contribution < -0.4 is 4.72 Å². The summed E-state index contributed by atoms with van der Waals surface area (Å²) in [6.45, 7) is -0.0893. The number of rotatable bonds is 9. The van der Waals surface area contributed by atoms with Crippen LogP contribution in [-0.4, -0.2) is 60.7 Å². The molecular formula is C10H17N3O6S. The second-order valence-corrected chi connectivity index (χ2v) is 5.81. The van der Waals surface area contributed by atoms with Crippen molar-refractivity contribution < 1.29 is 28.2 Å². The minimum atomic E-state index is -3.79. The van der Waals surface area contributed by atoms with E-state index in [0.717, 1.165) is 6.20 Å². The highest BCUT2D eigenvalue weighted by Gasteiger charge is 2.18. The van der Waals surface area contributed by atoms with Gasteiger partial charge in [0, 0.05) is 19.9 Å². The average Bonchev–Trinajstić information content (AvgIpc) is 2.84. The Morgan fingerprint density at radius 1 is 1.60 bits per heavy atom. The number of aliphatic carboxylic acids is 1. The average molecular weight is 307 g/mol. The third-order valence-electron chi connectivity index (χ3n) is 2.34. The zero-order valence-electron chi connectivity index (χ0n) is 10.9. The van der Waals surface area contributed by atoms with Crippen LogP contribution in [-0.2, 0) is 26.1 Å². The molecule has 9 nitrogen and oxygen atoms in total. The lowest BCUT2D eigenvalue weighted by Gasteiger charge is -2.10. The number of methoxy groups -OCH3 is 1. The quantitative estimate of drug-likeness (QED) is 0.513. The van der Waals surface area contributed by atoms with Crippen molar-refractivity contribution in [3.8, 4) is 0 Å². The van der Waals surface area contributed by atoms with Gasteiger partial charge in [0.1, 0.15) is 4.90 Å². The number of aliphatic hydroxyl groups excluding tert-OH is 1. The molecule has 0 aliphatic carbocycles. The fourth-order valence-electron chi connectivity index (χ4n) is 1.36. The number of aromatic nitrogens is 2. The Bertz CT molecular complexity index is 541. The number of nitrogens with one attached hydrogen (secondary N) is 1. The summed E-state index contributed by atoms with van der Waals surface area (Å²) >= 11 is 0. The molecule has 0 bridgehead atoms. The lowest BCUT2D eigenvalue weighted by Crippen LogP contribution is -2.34. The Morgan fingerprint density at radius 2 is 2.30 bits per heavy atom. The van der Waals surface area contributed by atoms with Gasteiger partial charge in [-0.25, -0.2) is 13.1 Å². The highest BCUT2D eigenvalue weighted by Crippen LogP contribution is 2.07. The van der Waals surface area contributed by atoms with Crippen LogP contribution in [0.3, 0.4) is 0 Å². The van der Waals surface area contributed by atoms with E-state index in [1.807, 2.05) is 0 Å². The van der Waals surface area contributed by atoms with Gasteiger partial charge in [-0.2, -0.15) is 5.10 Å². The minimum absolute atomic E-state index is 0.0143. The number of aliphatic hydroxyl groups is 1. The van der Waals surface area contributed by atoms with E-state index in [1.165, 1.54) is 18.0 Å². The minimum Gasteiger partial charge on any atom is -0.481 e. The first-order chi connectivity index (χ1) is 9.35. The van der Waals surface area contributed by atoms with E-state index >= 15 is 0 Å². The number of carboxylic acid groups (broad SMARTS) is 1. The van der Waals surface area contributed by atoms with Crippen LogP contribution in [0.15, 0.2) is 17.3 Å². The molecule has 10 heteroatoms. The van der Waals surface area contributed by atoms with Crippen molar-refractivity contribution in [2.75, 3.05) is 20.3 Å². The zero-order chi connectivity index (χ0) is 15.2. The summed E-state index contributed by atoms with van der Waals surface area (Å²) in [5.74, 6) is -0.995. The number of carbonyl (C=O) groups is 1. The van der Waals surface area contributed by atoms with Crippen LogP contribution in [0.5, 0.6) is 0 Å². The maximum atomic E-state index is 11.9. The lowest BCUT2D eigenvalue weighted by molar-refractivity contribution is -0.137. The molecule has 0 saturated heterocycles. The second-order valence-electron chi connectivity index (χ2n) is 4.04. The van der Waals surface area contributed by atoms with E-state index < -0.39 is 22.1 Å². The molecule has 0 aliphatic rings.